The van der Waals surface area contributed by atoms with E-state index in [0.29, 0.717) is 11.3 Å². The Labute approximate surface area is 115 Å². The summed E-state index contributed by atoms with van der Waals surface area (Å²) in [5.74, 6) is 0.812. The zero-order chi connectivity index (χ0) is 13.9. The van der Waals surface area contributed by atoms with Crippen LogP contribution in [0.2, 0.25) is 0 Å². The predicted molar refractivity (Wildman–Crippen MR) is 71.1 cm³/mol. The Kier molecular flexibility index (Phi) is 3.99. The van der Waals surface area contributed by atoms with Crippen molar-refractivity contribution >= 4 is 21.4 Å². The van der Waals surface area contributed by atoms with Gasteiger partial charge in [-0.2, -0.15) is 5.26 Å². The molecule has 2 rings (SSSR count). The summed E-state index contributed by atoms with van der Waals surface area (Å²) in [7, 11) is -1.68. The number of nitrogens with one attached hydrogen (secondary N) is 1. The first kappa shape index (κ1) is 13.7. The monoisotopic (exact) mass is 296 g/mol. The van der Waals surface area contributed by atoms with Crippen molar-refractivity contribution in [3.63, 3.8) is 0 Å². The van der Waals surface area contributed by atoms with Crippen LogP contribution in [0, 0.1) is 11.3 Å². The molecule has 8 heteroatoms. The molecule has 6 nitrogen and oxygen atoms in total. The molecule has 2 heterocycles. The van der Waals surface area contributed by atoms with Crippen LogP contribution < -0.4 is 4.72 Å². The lowest BCUT2D eigenvalue weighted by atomic mass is 10.4. The number of hydrogen-bond acceptors (Lipinski definition) is 5. The Balaban J connectivity index is 1.99. The van der Waals surface area contributed by atoms with Crippen LogP contribution in [0.5, 0.6) is 0 Å². The van der Waals surface area contributed by atoms with Crippen LogP contribution in [0.3, 0.4) is 0 Å². The van der Waals surface area contributed by atoms with Gasteiger partial charge in [-0.1, -0.05) is 0 Å². The van der Waals surface area contributed by atoms with Gasteiger partial charge in [0, 0.05) is 32.4 Å². The van der Waals surface area contributed by atoms with Crippen LogP contribution >= 0.6 is 11.3 Å². The quantitative estimate of drug-likeness (QED) is 0.887. The molecule has 0 aliphatic carbocycles. The van der Waals surface area contributed by atoms with Gasteiger partial charge >= 0.3 is 0 Å². The number of hydrogen-bond donors (Lipinski definition) is 1. The molecular formula is C11H12N4O2S2. The molecule has 0 atom stereocenters. The molecule has 0 unspecified atom stereocenters. The Morgan fingerprint density at radius 1 is 1.53 bits per heavy atom. The average Bonchev–Trinajstić information content (AvgIpc) is 2.99. The Morgan fingerprint density at radius 2 is 2.32 bits per heavy atom. The van der Waals surface area contributed by atoms with Crippen molar-refractivity contribution < 1.29 is 8.42 Å². The highest BCUT2D eigenvalue weighted by Crippen LogP contribution is 2.20. The first-order valence-corrected chi connectivity index (χ1v) is 7.79. The molecule has 100 valence electrons. The summed E-state index contributed by atoms with van der Waals surface area (Å²) in [6.45, 7) is 0.271. The molecule has 19 heavy (non-hydrogen) atoms. The highest BCUT2D eigenvalue weighted by atomic mass is 32.2. The normalized spacial score (nSPS) is 11.4. The summed E-state index contributed by atoms with van der Waals surface area (Å²) < 4.78 is 28.4. The predicted octanol–water partition coefficient (Wildman–Crippen LogP) is 0.874. The maximum absolute atomic E-state index is 11.9. The van der Waals surface area contributed by atoms with E-state index in [1.807, 2.05) is 23.9 Å². The van der Waals surface area contributed by atoms with E-state index in [1.165, 1.54) is 12.1 Å². The fraction of sp³-hybridized carbons (Fsp3) is 0.273. The van der Waals surface area contributed by atoms with E-state index in [4.69, 9.17) is 5.26 Å². The third-order valence-electron chi connectivity index (χ3n) is 2.52. The lowest BCUT2D eigenvalue weighted by molar-refractivity contribution is 0.582. The van der Waals surface area contributed by atoms with Gasteiger partial charge < -0.3 is 4.57 Å². The molecule has 0 aromatic carbocycles. The smallest absolute Gasteiger partial charge is 0.250 e. The fourth-order valence-corrected chi connectivity index (χ4v) is 3.71. The minimum absolute atomic E-state index is 0.156. The zero-order valence-electron chi connectivity index (χ0n) is 10.2. The summed E-state index contributed by atoms with van der Waals surface area (Å²) in [5, 5.41) is 8.68. The number of rotatable bonds is 5. The SMILES string of the molecule is Cn1ccnc1CCNS(=O)(=O)c1ccc(C#N)s1. The first-order chi connectivity index (χ1) is 9.03. The van der Waals surface area contributed by atoms with Gasteiger partial charge in [0.2, 0.25) is 10.0 Å². The van der Waals surface area contributed by atoms with Crippen molar-refractivity contribution in [1.29, 1.82) is 5.26 Å². The van der Waals surface area contributed by atoms with Gasteiger partial charge in [-0.25, -0.2) is 18.1 Å². The Morgan fingerprint density at radius 3 is 2.89 bits per heavy atom. The van der Waals surface area contributed by atoms with Crippen LogP contribution in [0.4, 0.5) is 0 Å². The summed E-state index contributed by atoms with van der Waals surface area (Å²) in [6, 6.07) is 4.85. The van der Waals surface area contributed by atoms with Gasteiger partial charge in [0.25, 0.3) is 0 Å². The van der Waals surface area contributed by atoms with Crippen LogP contribution in [-0.2, 0) is 23.5 Å². The first-order valence-electron chi connectivity index (χ1n) is 5.49. The topological polar surface area (TPSA) is 87.8 Å². The minimum Gasteiger partial charge on any atom is -0.338 e. The molecule has 2 aromatic rings. The van der Waals surface area contributed by atoms with Gasteiger partial charge in [-0.3, -0.25) is 0 Å². The number of aryl methyl sites for hydroxylation is 1. The molecule has 1 N–H and O–H groups in total. The third kappa shape index (κ3) is 3.20. The molecule has 0 spiro atoms. The minimum atomic E-state index is -3.54. The molecule has 0 aliphatic heterocycles. The summed E-state index contributed by atoms with van der Waals surface area (Å²) in [6.07, 6.45) is 3.99. The van der Waals surface area contributed by atoms with Gasteiger partial charge in [-0.15, -0.1) is 11.3 Å². The van der Waals surface area contributed by atoms with Crippen molar-refractivity contribution in [3.8, 4) is 6.07 Å². The van der Waals surface area contributed by atoms with Crippen molar-refractivity contribution in [2.24, 2.45) is 7.05 Å². The van der Waals surface area contributed by atoms with Gasteiger partial charge in [0.05, 0.1) is 0 Å². The maximum atomic E-state index is 11.9. The molecular weight excluding hydrogens is 284 g/mol. The van der Waals surface area contributed by atoms with E-state index in [9.17, 15) is 8.42 Å². The van der Waals surface area contributed by atoms with Gasteiger partial charge in [-0.05, 0) is 12.1 Å². The molecule has 0 radical (unpaired) electrons. The lowest BCUT2D eigenvalue weighted by Gasteiger charge is -2.04. The van der Waals surface area contributed by atoms with Crippen molar-refractivity contribution in [3.05, 3.63) is 35.2 Å². The van der Waals surface area contributed by atoms with Crippen LogP contribution in [0.25, 0.3) is 0 Å². The highest BCUT2D eigenvalue weighted by molar-refractivity contribution is 7.91. The Bertz CT molecular complexity index is 709. The fourth-order valence-electron chi connectivity index (χ4n) is 1.53. The molecule has 0 fully saturated rings. The maximum Gasteiger partial charge on any atom is 0.250 e. The Hall–Kier alpha value is -1.69. The van der Waals surface area contributed by atoms with E-state index in [2.05, 4.69) is 9.71 Å². The van der Waals surface area contributed by atoms with Gasteiger partial charge in [0.15, 0.2) is 0 Å². The largest absolute Gasteiger partial charge is 0.338 e. The molecule has 0 saturated carbocycles. The van der Waals surface area contributed by atoms with E-state index >= 15 is 0 Å². The second kappa shape index (κ2) is 5.52. The van der Waals surface area contributed by atoms with E-state index < -0.39 is 10.0 Å². The molecule has 2 aromatic heterocycles. The van der Waals surface area contributed by atoms with Crippen molar-refractivity contribution in [1.82, 2.24) is 14.3 Å². The third-order valence-corrected chi connectivity index (χ3v) is 5.46. The number of nitrogens with zero attached hydrogens (tertiary/aromatic N) is 3. The summed E-state index contributed by atoms with van der Waals surface area (Å²) in [5.41, 5.74) is 0. The number of nitriles is 1. The molecule has 0 saturated heterocycles. The average molecular weight is 296 g/mol. The molecule has 0 amide bonds. The summed E-state index contributed by atoms with van der Waals surface area (Å²) >= 11 is 0.958. The number of imidazole rings is 1. The lowest BCUT2D eigenvalue weighted by Crippen LogP contribution is -2.25. The summed E-state index contributed by atoms with van der Waals surface area (Å²) in [4.78, 5) is 4.49. The second-order valence-electron chi connectivity index (χ2n) is 3.83. The van der Waals surface area contributed by atoms with Gasteiger partial charge in [0.1, 0.15) is 21.0 Å². The molecule has 0 aliphatic rings. The number of aromatic nitrogens is 2. The van der Waals surface area contributed by atoms with Crippen LogP contribution in [0.15, 0.2) is 28.7 Å². The highest BCUT2D eigenvalue weighted by Gasteiger charge is 2.16. The van der Waals surface area contributed by atoms with Crippen molar-refractivity contribution in [2.45, 2.75) is 10.6 Å². The van der Waals surface area contributed by atoms with Crippen molar-refractivity contribution in [2.75, 3.05) is 6.54 Å². The van der Waals surface area contributed by atoms with E-state index in [0.717, 1.165) is 17.2 Å². The zero-order valence-corrected chi connectivity index (χ0v) is 11.8. The van der Waals surface area contributed by atoms with E-state index in [1.54, 1.807) is 6.20 Å². The molecule has 0 bridgehead atoms. The number of sulfonamides is 1. The second-order valence-corrected chi connectivity index (χ2v) is 6.91. The van der Waals surface area contributed by atoms with Crippen LogP contribution in [-0.4, -0.2) is 24.5 Å². The van der Waals surface area contributed by atoms with Crippen LogP contribution in [0.1, 0.15) is 10.7 Å². The standard InChI is InChI=1S/C11H12N4O2S2/c1-15-7-6-13-10(15)4-5-14-19(16,17)11-3-2-9(8-12)18-11/h2-3,6-7,14H,4-5H2,1H3. The number of thiophene rings is 1. The van der Waals surface area contributed by atoms with E-state index in [-0.39, 0.29) is 10.8 Å².